The average molecular weight is 249 g/mol. The summed E-state index contributed by atoms with van der Waals surface area (Å²) in [4.78, 5) is 24.3. The van der Waals surface area contributed by atoms with Crippen LogP contribution in [0.15, 0.2) is 30.3 Å². The predicted octanol–water partition coefficient (Wildman–Crippen LogP) is 0.796. The van der Waals surface area contributed by atoms with Crippen molar-refractivity contribution in [2.45, 2.75) is 25.0 Å². The van der Waals surface area contributed by atoms with Crippen LogP contribution in [0.4, 0.5) is 0 Å². The van der Waals surface area contributed by atoms with Crippen LogP contribution in [-0.4, -0.2) is 39.6 Å². The molecular formula is C13H15NO4. The number of carboxylic acid groups (broad SMARTS) is 1. The van der Waals surface area contributed by atoms with Gasteiger partial charge in [0.1, 0.15) is 6.04 Å². The van der Waals surface area contributed by atoms with E-state index in [4.69, 9.17) is 5.11 Å². The molecule has 1 saturated heterocycles. The third kappa shape index (κ3) is 2.36. The van der Waals surface area contributed by atoms with Crippen molar-refractivity contribution in [2.75, 3.05) is 6.54 Å². The van der Waals surface area contributed by atoms with Crippen LogP contribution in [0.5, 0.6) is 0 Å². The molecule has 2 rings (SSSR count). The van der Waals surface area contributed by atoms with E-state index in [2.05, 4.69) is 0 Å². The number of aliphatic carboxylic acids is 1. The summed E-state index contributed by atoms with van der Waals surface area (Å²) >= 11 is 0. The van der Waals surface area contributed by atoms with Crippen LogP contribution in [0.25, 0.3) is 0 Å². The Kier molecular flexibility index (Phi) is 3.62. The topological polar surface area (TPSA) is 77.8 Å². The van der Waals surface area contributed by atoms with E-state index < -0.39 is 24.0 Å². The molecule has 2 N–H and O–H groups in total. The molecule has 0 aromatic heterocycles. The molecule has 1 aromatic rings. The zero-order chi connectivity index (χ0) is 13.1. The number of aliphatic hydroxyl groups excluding tert-OH is 1. The van der Waals surface area contributed by atoms with Crippen LogP contribution < -0.4 is 0 Å². The van der Waals surface area contributed by atoms with Gasteiger partial charge < -0.3 is 15.1 Å². The van der Waals surface area contributed by atoms with Gasteiger partial charge in [0.05, 0.1) is 0 Å². The number of hydrogen-bond acceptors (Lipinski definition) is 3. The Bertz CT molecular complexity index is 446. The number of aliphatic hydroxyl groups is 1. The molecule has 1 fully saturated rings. The van der Waals surface area contributed by atoms with Gasteiger partial charge in [-0.05, 0) is 18.4 Å². The molecular weight excluding hydrogens is 234 g/mol. The molecule has 0 aliphatic carbocycles. The lowest BCUT2D eigenvalue weighted by molar-refractivity contribution is -0.152. The Morgan fingerprint density at radius 2 is 1.94 bits per heavy atom. The standard InChI is InChI=1S/C13H15NO4/c15-11(9-5-2-1-3-6-9)12(16)14-8-4-7-10(14)13(17)18/h1-3,5-6,10-11,15H,4,7-8H2,(H,17,18)/t10-,11+/m0/s1. The summed E-state index contributed by atoms with van der Waals surface area (Å²) in [5, 5.41) is 19.0. The van der Waals surface area contributed by atoms with Crippen LogP contribution in [0.1, 0.15) is 24.5 Å². The third-order valence-corrected chi connectivity index (χ3v) is 3.17. The molecule has 96 valence electrons. The molecule has 0 saturated carbocycles. The number of likely N-dealkylation sites (tertiary alicyclic amines) is 1. The number of carbonyl (C=O) groups is 2. The lowest BCUT2D eigenvalue weighted by Gasteiger charge is -2.24. The number of benzene rings is 1. The molecule has 0 unspecified atom stereocenters. The number of hydrogen-bond donors (Lipinski definition) is 2. The van der Waals surface area contributed by atoms with E-state index in [1.165, 1.54) is 4.90 Å². The van der Waals surface area contributed by atoms with Crippen molar-refractivity contribution in [2.24, 2.45) is 0 Å². The van der Waals surface area contributed by atoms with Crippen LogP contribution in [0.2, 0.25) is 0 Å². The zero-order valence-electron chi connectivity index (χ0n) is 9.82. The fraction of sp³-hybridized carbons (Fsp3) is 0.385. The summed E-state index contributed by atoms with van der Waals surface area (Å²) in [6, 6.07) is 7.73. The lowest BCUT2D eigenvalue weighted by Crippen LogP contribution is -2.42. The highest BCUT2D eigenvalue weighted by Crippen LogP contribution is 2.23. The first-order chi connectivity index (χ1) is 8.61. The first kappa shape index (κ1) is 12.6. The Labute approximate surface area is 105 Å². The van der Waals surface area contributed by atoms with E-state index in [-0.39, 0.29) is 0 Å². The summed E-state index contributed by atoms with van der Waals surface area (Å²) < 4.78 is 0. The van der Waals surface area contributed by atoms with Crippen molar-refractivity contribution in [1.29, 1.82) is 0 Å². The molecule has 2 atom stereocenters. The monoisotopic (exact) mass is 249 g/mol. The van der Waals surface area contributed by atoms with Gasteiger partial charge in [0.15, 0.2) is 6.10 Å². The molecule has 5 heteroatoms. The molecule has 1 aromatic carbocycles. The maximum atomic E-state index is 12.1. The molecule has 0 spiro atoms. The minimum absolute atomic E-state index is 0.389. The molecule has 1 aliphatic rings. The van der Waals surface area contributed by atoms with Gasteiger partial charge in [0, 0.05) is 6.54 Å². The number of carboxylic acids is 1. The maximum Gasteiger partial charge on any atom is 0.326 e. The van der Waals surface area contributed by atoms with Gasteiger partial charge >= 0.3 is 5.97 Å². The number of amides is 1. The summed E-state index contributed by atoms with van der Waals surface area (Å²) in [6.45, 7) is 0.389. The van der Waals surface area contributed by atoms with Crippen LogP contribution in [0.3, 0.4) is 0 Å². The third-order valence-electron chi connectivity index (χ3n) is 3.17. The first-order valence-corrected chi connectivity index (χ1v) is 5.87. The highest BCUT2D eigenvalue weighted by Gasteiger charge is 2.36. The average Bonchev–Trinajstić information content (AvgIpc) is 2.87. The predicted molar refractivity (Wildman–Crippen MR) is 63.8 cm³/mol. The fourth-order valence-electron chi connectivity index (χ4n) is 2.22. The quantitative estimate of drug-likeness (QED) is 0.830. The Morgan fingerprint density at radius 1 is 1.28 bits per heavy atom. The first-order valence-electron chi connectivity index (χ1n) is 5.87. The summed E-state index contributed by atoms with van der Waals surface area (Å²) in [7, 11) is 0. The van der Waals surface area contributed by atoms with Crippen LogP contribution >= 0.6 is 0 Å². The van der Waals surface area contributed by atoms with Crippen molar-refractivity contribution in [3.8, 4) is 0 Å². The summed E-state index contributed by atoms with van der Waals surface area (Å²) in [5.41, 5.74) is 0.485. The van der Waals surface area contributed by atoms with Gasteiger partial charge in [0.2, 0.25) is 0 Å². The molecule has 1 heterocycles. The molecule has 0 radical (unpaired) electrons. The van der Waals surface area contributed by atoms with Crippen LogP contribution in [-0.2, 0) is 9.59 Å². The van der Waals surface area contributed by atoms with Crippen LogP contribution in [0, 0.1) is 0 Å². The van der Waals surface area contributed by atoms with E-state index in [9.17, 15) is 14.7 Å². The molecule has 1 amide bonds. The maximum absolute atomic E-state index is 12.1. The van der Waals surface area contributed by atoms with Gasteiger partial charge in [0.25, 0.3) is 5.91 Å². The largest absolute Gasteiger partial charge is 0.480 e. The van der Waals surface area contributed by atoms with Gasteiger partial charge in [-0.25, -0.2) is 4.79 Å². The Hall–Kier alpha value is -1.88. The number of carbonyl (C=O) groups excluding carboxylic acids is 1. The second-order valence-corrected chi connectivity index (χ2v) is 4.34. The van der Waals surface area contributed by atoms with E-state index in [0.29, 0.717) is 24.9 Å². The SMILES string of the molecule is O=C(O)[C@@H]1CCCN1C(=O)[C@H](O)c1ccccc1. The second kappa shape index (κ2) is 5.18. The minimum atomic E-state index is -1.29. The molecule has 5 nitrogen and oxygen atoms in total. The molecule has 18 heavy (non-hydrogen) atoms. The lowest BCUT2D eigenvalue weighted by atomic mass is 10.1. The van der Waals surface area contributed by atoms with Crippen molar-refractivity contribution in [3.63, 3.8) is 0 Å². The smallest absolute Gasteiger partial charge is 0.326 e. The number of nitrogens with zero attached hydrogens (tertiary/aromatic N) is 1. The Balaban J connectivity index is 2.14. The molecule has 1 aliphatic heterocycles. The highest BCUT2D eigenvalue weighted by molar-refractivity contribution is 5.87. The summed E-state index contributed by atoms with van der Waals surface area (Å²) in [5.74, 6) is -1.55. The van der Waals surface area contributed by atoms with Gasteiger partial charge in [-0.1, -0.05) is 30.3 Å². The van der Waals surface area contributed by atoms with Crippen molar-refractivity contribution < 1.29 is 19.8 Å². The Morgan fingerprint density at radius 3 is 2.56 bits per heavy atom. The normalized spacial score (nSPS) is 20.7. The van der Waals surface area contributed by atoms with E-state index in [1.54, 1.807) is 30.3 Å². The summed E-state index contributed by atoms with van der Waals surface area (Å²) in [6.07, 6.45) is -0.182. The van der Waals surface area contributed by atoms with Gasteiger partial charge in [-0.3, -0.25) is 4.79 Å². The van der Waals surface area contributed by atoms with Gasteiger partial charge in [-0.15, -0.1) is 0 Å². The van der Waals surface area contributed by atoms with E-state index >= 15 is 0 Å². The number of rotatable bonds is 3. The van der Waals surface area contributed by atoms with E-state index in [1.807, 2.05) is 0 Å². The van der Waals surface area contributed by atoms with Crippen molar-refractivity contribution in [3.05, 3.63) is 35.9 Å². The fourth-order valence-corrected chi connectivity index (χ4v) is 2.22. The second-order valence-electron chi connectivity index (χ2n) is 4.34. The van der Waals surface area contributed by atoms with E-state index in [0.717, 1.165) is 0 Å². The minimum Gasteiger partial charge on any atom is -0.480 e. The van der Waals surface area contributed by atoms with Crippen molar-refractivity contribution >= 4 is 11.9 Å². The molecule has 0 bridgehead atoms. The highest BCUT2D eigenvalue weighted by atomic mass is 16.4. The van der Waals surface area contributed by atoms with Crippen molar-refractivity contribution in [1.82, 2.24) is 4.90 Å². The van der Waals surface area contributed by atoms with Gasteiger partial charge in [-0.2, -0.15) is 0 Å². The zero-order valence-corrected chi connectivity index (χ0v) is 9.82.